The molecule has 1 aliphatic heterocycles. The number of alkyl halides is 3. The second-order valence-corrected chi connectivity index (χ2v) is 9.73. The lowest BCUT2D eigenvalue weighted by molar-refractivity contribution is -0.137. The molecule has 1 fully saturated rings. The van der Waals surface area contributed by atoms with Crippen LogP contribution < -0.4 is 15.5 Å². The molecule has 0 aliphatic carbocycles. The van der Waals surface area contributed by atoms with Gasteiger partial charge in [0, 0.05) is 49.5 Å². The van der Waals surface area contributed by atoms with E-state index in [-0.39, 0.29) is 5.69 Å². The predicted octanol–water partition coefficient (Wildman–Crippen LogP) is 6.14. The van der Waals surface area contributed by atoms with Crippen molar-refractivity contribution in [3.8, 4) is 0 Å². The third-order valence-electron chi connectivity index (χ3n) is 7.12. The Bertz CT molecular complexity index is 1480. The minimum atomic E-state index is -4.62. The van der Waals surface area contributed by atoms with E-state index in [1.54, 1.807) is 18.2 Å². The lowest BCUT2D eigenvalue weighted by Gasteiger charge is -2.36. The molecule has 5 rings (SSSR count). The maximum absolute atomic E-state index is 13.6. The maximum atomic E-state index is 13.6. The molecule has 39 heavy (non-hydrogen) atoms. The van der Waals surface area contributed by atoms with E-state index in [1.807, 2.05) is 31.2 Å². The molecule has 1 saturated heterocycles. The largest absolute Gasteiger partial charge is 0.418 e. The SMILES string of the molecule is Cc1ccc2c(N3CCN(CCc4cccc(N(C(N)=O)c5ccccc5C(F)(F)F)c4)CC3)cccc2n1. The van der Waals surface area contributed by atoms with Crippen LogP contribution in [0.4, 0.5) is 35.0 Å². The van der Waals surface area contributed by atoms with E-state index in [9.17, 15) is 18.0 Å². The quantitative estimate of drug-likeness (QED) is 0.323. The van der Waals surface area contributed by atoms with Crippen LogP contribution in [0.15, 0.2) is 78.9 Å². The molecule has 0 bridgehead atoms. The fourth-order valence-corrected chi connectivity index (χ4v) is 5.16. The fourth-order valence-electron chi connectivity index (χ4n) is 5.16. The lowest BCUT2D eigenvalue weighted by Crippen LogP contribution is -2.47. The van der Waals surface area contributed by atoms with Gasteiger partial charge in [0.15, 0.2) is 0 Å². The van der Waals surface area contributed by atoms with E-state index in [0.717, 1.165) is 65.9 Å². The van der Waals surface area contributed by atoms with Crippen molar-refractivity contribution in [2.24, 2.45) is 5.73 Å². The Kier molecular flexibility index (Phi) is 7.43. The summed E-state index contributed by atoms with van der Waals surface area (Å²) in [4.78, 5) is 22.6. The van der Waals surface area contributed by atoms with Crippen molar-refractivity contribution in [1.82, 2.24) is 9.88 Å². The molecule has 202 valence electrons. The smallest absolute Gasteiger partial charge is 0.368 e. The predicted molar refractivity (Wildman–Crippen MR) is 148 cm³/mol. The second-order valence-electron chi connectivity index (χ2n) is 9.73. The third kappa shape index (κ3) is 5.83. The first-order valence-corrected chi connectivity index (χ1v) is 12.9. The molecular weight excluding hydrogens is 503 g/mol. The average Bonchev–Trinajstić information content (AvgIpc) is 2.92. The molecule has 2 N–H and O–H groups in total. The monoisotopic (exact) mass is 533 g/mol. The van der Waals surface area contributed by atoms with E-state index >= 15 is 0 Å². The number of para-hydroxylation sites is 1. The number of piperazine rings is 1. The first kappa shape index (κ1) is 26.5. The summed E-state index contributed by atoms with van der Waals surface area (Å²) in [6, 6.07) is 21.4. The minimum Gasteiger partial charge on any atom is -0.368 e. The number of fused-ring (bicyclic) bond motifs is 1. The number of rotatable bonds is 6. The van der Waals surface area contributed by atoms with E-state index in [2.05, 4.69) is 26.9 Å². The summed E-state index contributed by atoms with van der Waals surface area (Å²) in [6.07, 6.45) is -3.93. The molecule has 0 unspecified atom stereocenters. The summed E-state index contributed by atoms with van der Waals surface area (Å²) in [5, 5.41) is 1.15. The van der Waals surface area contributed by atoms with Crippen LogP contribution in [-0.2, 0) is 12.6 Å². The number of nitrogens with zero attached hydrogens (tertiary/aromatic N) is 4. The van der Waals surface area contributed by atoms with E-state index in [4.69, 9.17) is 5.73 Å². The van der Waals surface area contributed by atoms with Gasteiger partial charge in [0.1, 0.15) is 0 Å². The van der Waals surface area contributed by atoms with Gasteiger partial charge in [-0.1, -0.05) is 30.3 Å². The Morgan fingerprint density at radius 3 is 2.44 bits per heavy atom. The van der Waals surface area contributed by atoms with Gasteiger partial charge in [-0.2, -0.15) is 13.2 Å². The Labute approximate surface area is 225 Å². The van der Waals surface area contributed by atoms with Crippen LogP contribution in [0.3, 0.4) is 0 Å². The Morgan fingerprint density at radius 1 is 0.949 bits per heavy atom. The fraction of sp³-hybridized carbons (Fsp3) is 0.267. The van der Waals surface area contributed by atoms with Crippen LogP contribution in [0, 0.1) is 6.92 Å². The highest BCUT2D eigenvalue weighted by molar-refractivity contribution is 5.99. The molecule has 1 aliphatic rings. The number of nitrogens with two attached hydrogens (primary N) is 1. The van der Waals surface area contributed by atoms with Gasteiger partial charge in [0.2, 0.25) is 0 Å². The van der Waals surface area contributed by atoms with Gasteiger partial charge < -0.3 is 10.6 Å². The maximum Gasteiger partial charge on any atom is 0.418 e. The number of carbonyl (C=O) groups excluding carboxylic acids is 1. The van der Waals surface area contributed by atoms with Crippen molar-refractivity contribution >= 4 is 34.0 Å². The molecule has 1 aromatic heterocycles. The van der Waals surface area contributed by atoms with Crippen molar-refractivity contribution < 1.29 is 18.0 Å². The van der Waals surface area contributed by atoms with Gasteiger partial charge in [0.05, 0.1) is 22.5 Å². The molecule has 2 amide bonds. The summed E-state index contributed by atoms with van der Waals surface area (Å²) in [5.41, 5.74) is 8.77. The van der Waals surface area contributed by atoms with Gasteiger partial charge in [-0.05, 0) is 67.4 Å². The van der Waals surface area contributed by atoms with Crippen LogP contribution in [0.25, 0.3) is 10.9 Å². The molecule has 0 radical (unpaired) electrons. The topological polar surface area (TPSA) is 65.7 Å². The number of aryl methyl sites for hydroxylation is 1. The van der Waals surface area contributed by atoms with Crippen molar-refractivity contribution in [3.05, 3.63) is 95.7 Å². The van der Waals surface area contributed by atoms with Crippen molar-refractivity contribution in [2.45, 2.75) is 19.5 Å². The number of amides is 2. The molecule has 0 spiro atoms. The normalized spacial score (nSPS) is 14.5. The zero-order valence-electron chi connectivity index (χ0n) is 21.7. The van der Waals surface area contributed by atoms with Crippen molar-refractivity contribution in [1.29, 1.82) is 0 Å². The highest BCUT2D eigenvalue weighted by Gasteiger charge is 2.36. The van der Waals surface area contributed by atoms with Crippen LogP contribution >= 0.6 is 0 Å². The molecule has 4 aromatic rings. The van der Waals surface area contributed by atoms with Crippen LogP contribution in [0.1, 0.15) is 16.8 Å². The number of primary amides is 1. The van der Waals surface area contributed by atoms with Crippen LogP contribution in [0.5, 0.6) is 0 Å². The minimum absolute atomic E-state index is 0.287. The summed E-state index contributed by atoms with van der Waals surface area (Å²) in [5.74, 6) is 0. The highest BCUT2D eigenvalue weighted by Crippen LogP contribution is 2.39. The molecular formula is C30H30F3N5O. The van der Waals surface area contributed by atoms with Crippen molar-refractivity contribution in [3.63, 3.8) is 0 Å². The van der Waals surface area contributed by atoms with E-state index in [0.29, 0.717) is 12.1 Å². The van der Waals surface area contributed by atoms with Gasteiger partial charge in [-0.25, -0.2) is 4.79 Å². The lowest BCUT2D eigenvalue weighted by atomic mass is 10.1. The number of pyridine rings is 1. The van der Waals surface area contributed by atoms with Crippen molar-refractivity contribution in [2.75, 3.05) is 42.5 Å². The van der Waals surface area contributed by atoms with Gasteiger partial charge in [-0.15, -0.1) is 0 Å². The number of hydrogen-bond acceptors (Lipinski definition) is 4. The molecule has 3 aromatic carbocycles. The molecule has 2 heterocycles. The third-order valence-corrected chi connectivity index (χ3v) is 7.12. The number of aromatic nitrogens is 1. The van der Waals surface area contributed by atoms with Crippen LogP contribution in [-0.4, -0.2) is 48.6 Å². The molecule has 9 heteroatoms. The number of urea groups is 1. The summed E-state index contributed by atoms with van der Waals surface area (Å²) < 4.78 is 40.9. The Hall–Kier alpha value is -4.11. The Morgan fingerprint density at radius 2 is 1.69 bits per heavy atom. The standard InChI is InChI=1S/C30H30F3N5O/c1-21-12-13-24-26(35-21)9-5-11-27(24)37-18-16-36(17-19-37)15-14-22-6-4-7-23(20-22)38(29(34)39)28-10-3-2-8-25(28)30(31,32)33/h2-13,20H,14-19H2,1H3,(H2,34,39). The van der Waals surface area contributed by atoms with E-state index < -0.39 is 17.8 Å². The van der Waals surface area contributed by atoms with Gasteiger partial charge in [-0.3, -0.25) is 14.8 Å². The zero-order valence-corrected chi connectivity index (χ0v) is 21.7. The second kappa shape index (κ2) is 10.9. The highest BCUT2D eigenvalue weighted by atomic mass is 19.4. The first-order chi connectivity index (χ1) is 18.7. The first-order valence-electron chi connectivity index (χ1n) is 12.9. The van der Waals surface area contributed by atoms with E-state index in [1.165, 1.54) is 23.9 Å². The summed E-state index contributed by atoms with van der Waals surface area (Å²) in [7, 11) is 0. The molecule has 0 saturated carbocycles. The average molecular weight is 534 g/mol. The van der Waals surface area contributed by atoms with Crippen LogP contribution in [0.2, 0.25) is 0 Å². The number of hydrogen-bond donors (Lipinski definition) is 1. The number of anilines is 3. The molecule has 0 atom stereocenters. The molecule has 6 nitrogen and oxygen atoms in total. The van der Waals surface area contributed by atoms with Gasteiger partial charge >= 0.3 is 12.2 Å². The van der Waals surface area contributed by atoms with Gasteiger partial charge in [0.25, 0.3) is 0 Å². The Balaban J connectivity index is 1.26. The number of carbonyl (C=O) groups is 1. The summed E-state index contributed by atoms with van der Waals surface area (Å²) in [6.45, 7) is 6.34. The number of benzene rings is 3. The number of halogens is 3. The zero-order chi connectivity index (χ0) is 27.6. The summed E-state index contributed by atoms with van der Waals surface area (Å²) >= 11 is 0.